The van der Waals surface area contributed by atoms with Crippen LogP contribution in [0.1, 0.15) is 34.1 Å². The van der Waals surface area contributed by atoms with Gasteiger partial charge < -0.3 is 13.7 Å². The molecule has 146 valence electrons. The number of ether oxygens (including phenoxy) is 1. The number of alkyl halides is 2. The minimum atomic E-state index is -2.73. The first-order chi connectivity index (χ1) is 13.3. The Hall–Kier alpha value is -3.07. The lowest BCUT2D eigenvalue weighted by Crippen LogP contribution is -2.22. The summed E-state index contributed by atoms with van der Waals surface area (Å²) < 4.78 is 37.5. The number of esters is 1. The second-order valence-corrected chi connectivity index (χ2v) is 6.22. The summed E-state index contributed by atoms with van der Waals surface area (Å²) in [6.07, 6.45) is -1.41. The first kappa shape index (κ1) is 19.7. The zero-order valence-corrected chi connectivity index (χ0v) is 15.5. The number of halogens is 3. The maximum absolute atomic E-state index is 13.1. The fraction of sp³-hybridized carbons (Fsp3) is 0.222. The van der Waals surface area contributed by atoms with Crippen molar-refractivity contribution in [3.8, 4) is 11.1 Å². The molecule has 0 spiro atoms. The van der Waals surface area contributed by atoms with Gasteiger partial charge in [0.25, 0.3) is 12.0 Å². The number of rotatable bonds is 5. The van der Waals surface area contributed by atoms with Crippen molar-refractivity contribution in [1.29, 1.82) is 0 Å². The Labute approximate surface area is 162 Å². The Morgan fingerprint density at radius 1 is 1.29 bits per heavy atom. The number of benzene rings is 1. The molecule has 0 aliphatic rings. The highest BCUT2D eigenvalue weighted by Crippen LogP contribution is 2.34. The van der Waals surface area contributed by atoms with Crippen molar-refractivity contribution in [2.24, 2.45) is 0 Å². The summed E-state index contributed by atoms with van der Waals surface area (Å²) in [7, 11) is 1.15. The van der Waals surface area contributed by atoms with E-state index in [2.05, 4.69) is 10.2 Å². The summed E-state index contributed by atoms with van der Waals surface area (Å²) >= 11 is 6.19. The zero-order valence-electron chi connectivity index (χ0n) is 14.8. The van der Waals surface area contributed by atoms with Crippen molar-refractivity contribution in [1.82, 2.24) is 14.8 Å². The van der Waals surface area contributed by atoms with Crippen LogP contribution in [0, 0.1) is 6.92 Å². The summed E-state index contributed by atoms with van der Waals surface area (Å²) in [4.78, 5) is 24.6. The Morgan fingerprint density at radius 2 is 2.04 bits per heavy atom. The third-order valence-corrected chi connectivity index (χ3v) is 4.27. The standard InChI is InChI=1S/C18H14ClF2N3O4/c1-9-22-23-15(28-9)8-24-7-13(12(6-16(24)25)18(26)27-2)11-5-10(17(20)21)3-4-14(11)19/h3-7,17H,8H2,1-2H3. The van der Waals surface area contributed by atoms with Gasteiger partial charge >= 0.3 is 5.97 Å². The van der Waals surface area contributed by atoms with Gasteiger partial charge in [0.2, 0.25) is 11.8 Å². The molecule has 28 heavy (non-hydrogen) atoms. The smallest absolute Gasteiger partial charge is 0.338 e. The lowest BCUT2D eigenvalue weighted by atomic mass is 9.99. The zero-order chi connectivity index (χ0) is 20.4. The molecule has 0 unspecified atom stereocenters. The summed E-state index contributed by atoms with van der Waals surface area (Å²) in [5, 5.41) is 7.64. The molecule has 0 aliphatic heterocycles. The summed E-state index contributed by atoms with van der Waals surface area (Å²) in [6, 6.07) is 4.71. The average molecular weight is 410 g/mol. The maximum atomic E-state index is 13.1. The van der Waals surface area contributed by atoms with E-state index in [-0.39, 0.29) is 39.7 Å². The van der Waals surface area contributed by atoms with E-state index in [1.807, 2.05) is 0 Å². The average Bonchev–Trinajstić information content (AvgIpc) is 3.07. The highest BCUT2D eigenvalue weighted by Gasteiger charge is 2.20. The first-order valence-corrected chi connectivity index (χ1v) is 8.37. The molecule has 0 N–H and O–H groups in total. The SMILES string of the molecule is COC(=O)c1cc(=O)n(Cc2nnc(C)o2)cc1-c1cc(C(F)F)ccc1Cl. The highest BCUT2D eigenvalue weighted by molar-refractivity contribution is 6.33. The molecule has 0 amide bonds. The van der Waals surface area contributed by atoms with E-state index < -0.39 is 18.0 Å². The largest absolute Gasteiger partial charge is 0.465 e. The van der Waals surface area contributed by atoms with Crippen molar-refractivity contribution in [2.45, 2.75) is 19.9 Å². The minimum absolute atomic E-state index is 0.0692. The van der Waals surface area contributed by atoms with Gasteiger partial charge in [-0.3, -0.25) is 4.79 Å². The van der Waals surface area contributed by atoms with Crippen LogP contribution in [-0.4, -0.2) is 27.8 Å². The molecule has 2 aromatic heterocycles. The van der Waals surface area contributed by atoms with Gasteiger partial charge in [-0.2, -0.15) is 0 Å². The van der Waals surface area contributed by atoms with Crippen molar-refractivity contribution in [3.05, 3.63) is 68.7 Å². The summed E-state index contributed by atoms with van der Waals surface area (Å²) in [6.45, 7) is 1.53. The van der Waals surface area contributed by atoms with Gasteiger partial charge in [-0.05, 0) is 12.1 Å². The third-order valence-electron chi connectivity index (χ3n) is 3.94. The number of nitrogens with zero attached hydrogens (tertiary/aromatic N) is 3. The van der Waals surface area contributed by atoms with E-state index in [0.717, 1.165) is 13.2 Å². The van der Waals surface area contributed by atoms with E-state index in [1.54, 1.807) is 6.92 Å². The lowest BCUT2D eigenvalue weighted by Gasteiger charge is -2.14. The van der Waals surface area contributed by atoms with Gasteiger partial charge in [0.1, 0.15) is 6.54 Å². The van der Waals surface area contributed by atoms with E-state index >= 15 is 0 Å². The van der Waals surface area contributed by atoms with Crippen molar-refractivity contribution >= 4 is 17.6 Å². The van der Waals surface area contributed by atoms with Crippen LogP contribution in [0.3, 0.4) is 0 Å². The molecule has 0 fully saturated rings. The van der Waals surface area contributed by atoms with Crippen molar-refractivity contribution in [2.75, 3.05) is 7.11 Å². The van der Waals surface area contributed by atoms with Crippen molar-refractivity contribution < 1.29 is 22.7 Å². The number of pyridine rings is 1. The fourth-order valence-corrected chi connectivity index (χ4v) is 2.84. The number of hydrogen-bond acceptors (Lipinski definition) is 6. The number of carbonyl (C=O) groups excluding carboxylic acids is 1. The monoisotopic (exact) mass is 409 g/mol. The number of aryl methyl sites for hydroxylation is 1. The maximum Gasteiger partial charge on any atom is 0.338 e. The molecule has 10 heteroatoms. The predicted molar refractivity (Wildman–Crippen MR) is 95.6 cm³/mol. The first-order valence-electron chi connectivity index (χ1n) is 8.00. The predicted octanol–water partition coefficient (Wildman–Crippen LogP) is 3.63. The molecule has 3 rings (SSSR count). The van der Waals surface area contributed by atoms with E-state index in [0.29, 0.717) is 5.89 Å². The van der Waals surface area contributed by atoms with Gasteiger partial charge in [-0.1, -0.05) is 17.7 Å². The number of carbonyl (C=O) groups is 1. The van der Waals surface area contributed by atoms with Gasteiger partial charge in [-0.25, -0.2) is 13.6 Å². The van der Waals surface area contributed by atoms with Gasteiger partial charge in [-0.15, -0.1) is 10.2 Å². The molecule has 1 aromatic carbocycles. The Kier molecular flexibility index (Phi) is 5.55. The highest BCUT2D eigenvalue weighted by atomic mass is 35.5. The Bertz CT molecular complexity index is 1090. The van der Waals surface area contributed by atoms with Crippen LogP contribution in [0.5, 0.6) is 0 Å². The van der Waals surface area contributed by atoms with Crippen molar-refractivity contribution in [3.63, 3.8) is 0 Å². The third kappa shape index (κ3) is 3.94. The second-order valence-electron chi connectivity index (χ2n) is 5.81. The lowest BCUT2D eigenvalue weighted by molar-refractivity contribution is 0.0601. The van der Waals surface area contributed by atoms with Crippen LogP contribution in [0.4, 0.5) is 8.78 Å². The molecule has 0 radical (unpaired) electrons. The van der Waals surface area contributed by atoms with Gasteiger partial charge in [0, 0.05) is 40.9 Å². The molecule has 2 heterocycles. The van der Waals surface area contributed by atoms with Crippen LogP contribution in [0.2, 0.25) is 5.02 Å². The molecule has 0 aliphatic carbocycles. The van der Waals surface area contributed by atoms with Crippen LogP contribution < -0.4 is 5.56 Å². The Morgan fingerprint density at radius 3 is 2.64 bits per heavy atom. The minimum Gasteiger partial charge on any atom is -0.465 e. The van der Waals surface area contributed by atoms with Crippen LogP contribution in [0.25, 0.3) is 11.1 Å². The van der Waals surface area contributed by atoms with E-state index in [1.165, 1.54) is 29.0 Å². The quantitative estimate of drug-likeness (QED) is 0.598. The van der Waals surface area contributed by atoms with Crippen LogP contribution >= 0.6 is 11.6 Å². The normalized spacial score (nSPS) is 11.1. The van der Waals surface area contributed by atoms with E-state index in [9.17, 15) is 18.4 Å². The molecule has 0 atom stereocenters. The Balaban J connectivity index is 2.20. The number of hydrogen-bond donors (Lipinski definition) is 0. The molecular weight excluding hydrogens is 396 g/mol. The molecule has 0 saturated carbocycles. The molecule has 0 bridgehead atoms. The van der Waals surface area contributed by atoms with Gasteiger partial charge in [0.15, 0.2) is 0 Å². The molecule has 3 aromatic rings. The molecular formula is C18H14ClF2N3O4. The number of aromatic nitrogens is 3. The summed E-state index contributed by atoms with van der Waals surface area (Å²) in [5.74, 6) is -0.308. The second kappa shape index (κ2) is 7.89. The van der Waals surface area contributed by atoms with Crippen LogP contribution in [0.15, 0.2) is 39.7 Å². The fourth-order valence-electron chi connectivity index (χ4n) is 2.62. The van der Waals surface area contributed by atoms with Crippen LogP contribution in [-0.2, 0) is 11.3 Å². The van der Waals surface area contributed by atoms with Gasteiger partial charge in [0.05, 0.1) is 12.7 Å². The molecule has 0 saturated heterocycles. The number of methoxy groups -OCH3 is 1. The summed E-state index contributed by atoms with van der Waals surface area (Å²) in [5.41, 5.74) is -0.592. The molecule has 7 nitrogen and oxygen atoms in total. The van der Waals surface area contributed by atoms with E-state index in [4.69, 9.17) is 20.8 Å². The topological polar surface area (TPSA) is 87.2 Å².